The summed E-state index contributed by atoms with van der Waals surface area (Å²) in [5, 5.41) is 13.4. The summed E-state index contributed by atoms with van der Waals surface area (Å²) in [6, 6.07) is -2.26. The molecule has 0 spiro atoms. The topological polar surface area (TPSA) is 98.7 Å². The summed E-state index contributed by atoms with van der Waals surface area (Å²) in [7, 11) is 2.80. The second-order valence-corrected chi connectivity index (χ2v) is 3.41. The number of nitrogens with zero attached hydrogens (tertiary/aromatic N) is 1. The first-order valence-corrected chi connectivity index (χ1v) is 4.79. The van der Waals surface area contributed by atoms with E-state index in [-0.39, 0.29) is 5.91 Å². The van der Waals surface area contributed by atoms with Crippen LogP contribution < -0.4 is 10.6 Å². The third-order valence-electron chi connectivity index (χ3n) is 2.24. The van der Waals surface area contributed by atoms with Crippen LogP contribution in [0.25, 0.3) is 0 Å². The number of aliphatic carboxylic acids is 1. The Balaban J connectivity index is 4.36. The summed E-state index contributed by atoms with van der Waals surface area (Å²) < 4.78 is 0. The van der Waals surface area contributed by atoms with E-state index in [1.54, 1.807) is 0 Å². The lowest BCUT2D eigenvalue weighted by Gasteiger charge is -2.23. The summed E-state index contributed by atoms with van der Waals surface area (Å²) in [4.78, 5) is 34.2. The summed E-state index contributed by atoms with van der Waals surface area (Å²) in [6.07, 6.45) is 0. The van der Waals surface area contributed by atoms with Crippen LogP contribution in [0.2, 0.25) is 0 Å². The van der Waals surface area contributed by atoms with E-state index >= 15 is 0 Å². The molecule has 0 aliphatic rings. The van der Waals surface area contributed by atoms with E-state index in [0.717, 1.165) is 4.90 Å². The molecule has 2 unspecified atom stereocenters. The lowest BCUT2D eigenvalue weighted by atomic mass is 10.3. The van der Waals surface area contributed by atoms with Crippen LogP contribution in [-0.2, 0) is 9.59 Å². The Morgan fingerprint density at radius 2 is 1.75 bits per heavy atom. The van der Waals surface area contributed by atoms with Gasteiger partial charge in [-0.25, -0.2) is 9.59 Å². The molecule has 0 saturated heterocycles. The van der Waals surface area contributed by atoms with Gasteiger partial charge < -0.3 is 20.6 Å². The second kappa shape index (κ2) is 5.94. The predicted molar refractivity (Wildman–Crippen MR) is 56.9 cm³/mol. The van der Waals surface area contributed by atoms with Gasteiger partial charge in [0.15, 0.2) is 0 Å². The van der Waals surface area contributed by atoms with Gasteiger partial charge in [-0.05, 0) is 13.8 Å². The van der Waals surface area contributed by atoms with E-state index < -0.39 is 24.1 Å². The number of amides is 3. The van der Waals surface area contributed by atoms with Crippen molar-refractivity contribution in [1.29, 1.82) is 0 Å². The highest BCUT2D eigenvalue weighted by Gasteiger charge is 2.23. The van der Waals surface area contributed by atoms with Crippen molar-refractivity contribution >= 4 is 17.9 Å². The lowest BCUT2D eigenvalue weighted by molar-refractivity contribution is -0.141. The van der Waals surface area contributed by atoms with E-state index in [1.165, 1.54) is 27.9 Å². The molecule has 0 fully saturated rings. The minimum absolute atomic E-state index is 0.343. The van der Waals surface area contributed by atoms with Crippen LogP contribution >= 0.6 is 0 Å². The van der Waals surface area contributed by atoms with Gasteiger partial charge in [-0.1, -0.05) is 0 Å². The standard InChI is InChI=1S/C9H17N3O4/c1-5(7(13)10-3)11-9(16)12(4)6(2)8(14)15/h5-6H,1-4H3,(H,10,13)(H,11,16)(H,14,15). The van der Waals surface area contributed by atoms with Crippen molar-refractivity contribution in [1.82, 2.24) is 15.5 Å². The number of hydrogen-bond donors (Lipinski definition) is 3. The average Bonchev–Trinajstić information content (AvgIpc) is 2.25. The van der Waals surface area contributed by atoms with E-state index in [9.17, 15) is 14.4 Å². The number of nitrogens with one attached hydrogen (secondary N) is 2. The molecule has 0 radical (unpaired) electrons. The summed E-state index contributed by atoms with van der Waals surface area (Å²) in [5.74, 6) is -1.45. The normalized spacial score (nSPS) is 13.5. The smallest absolute Gasteiger partial charge is 0.326 e. The number of likely N-dealkylation sites (N-methyl/N-ethyl adjacent to an activating group) is 2. The van der Waals surface area contributed by atoms with Crippen molar-refractivity contribution in [3.8, 4) is 0 Å². The number of urea groups is 1. The second-order valence-electron chi connectivity index (χ2n) is 3.41. The first-order chi connectivity index (χ1) is 7.31. The molecule has 0 aliphatic heterocycles. The molecule has 0 rings (SSSR count). The largest absolute Gasteiger partial charge is 0.480 e. The van der Waals surface area contributed by atoms with Gasteiger partial charge in [0, 0.05) is 14.1 Å². The first kappa shape index (κ1) is 14.2. The SMILES string of the molecule is CNC(=O)C(C)NC(=O)N(C)C(C)C(=O)O. The van der Waals surface area contributed by atoms with Gasteiger partial charge in [0.25, 0.3) is 0 Å². The number of carboxylic acid groups (broad SMARTS) is 1. The van der Waals surface area contributed by atoms with Crippen LogP contribution in [0.5, 0.6) is 0 Å². The van der Waals surface area contributed by atoms with Crippen LogP contribution in [0.3, 0.4) is 0 Å². The molecular weight excluding hydrogens is 214 g/mol. The molecule has 3 N–H and O–H groups in total. The van der Waals surface area contributed by atoms with E-state index in [2.05, 4.69) is 10.6 Å². The van der Waals surface area contributed by atoms with Crippen molar-refractivity contribution in [2.45, 2.75) is 25.9 Å². The Hall–Kier alpha value is -1.79. The molecule has 7 nitrogen and oxygen atoms in total. The minimum atomic E-state index is -1.11. The Morgan fingerprint density at radius 1 is 1.25 bits per heavy atom. The van der Waals surface area contributed by atoms with Crippen molar-refractivity contribution < 1.29 is 19.5 Å². The highest BCUT2D eigenvalue weighted by atomic mass is 16.4. The molecule has 16 heavy (non-hydrogen) atoms. The Labute approximate surface area is 93.8 Å². The molecule has 3 amide bonds. The summed E-state index contributed by atoms with van der Waals surface area (Å²) in [6.45, 7) is 2.89. The fraction of sp³-hybridized carbons (Fsp3) is 0.667. The van der Waals surface area contributed by atoms with Gasteiger partial charge in [0.1, 0.15) is 12.1 Å². The number of hydrogen-bond acceptors (Lipinski definition) is 3. The van der Waals surface area contributed by atoms with E-state index in [0.29, 0.717) is 0 Å². The van der Waals surface area contributed by atoms with Crippen LogP contribution in [-0.4, -0.2) is 54.1 Å². The van der Waals surface area contributed by atoms with Crippen LogP contribution in [0.1, 0.15) is 13.8 Å². The molecule has 0 heterocycles. The number of carbonyl (C=O) groups excluding carboxylic acids is 2. The Kier molecular flexibility index (Phi) is 5.27. The summed E-state index contributed by atoms with van der Waals surface area (Å²) >= 11 is 0. The maximum Gasteiger partial charge on any atom is 0.326 e. The maximum atomic E-state index is 11.5. The average molecular weight is 231 g/mol. The minimum Gasteiger partial charge on any atom is -0.480 e. The van der Waals surface area contributed by atoms with Crippen LogP contribution in [0, 0.1) is 0 Å². The summed E-state index contributed by atoms with van der Waals surface area (Å²) in [5.41, 5.74) is 0. The van der Waals surface area contributed by atoms with Gasteiger partial charge in [-0.2, -0.15) is 0 Å². The maximum absolute atomic E-state index is 11.5. The van der Waals surface area contributed by atoms with Crippen molar-refractivity contribution in [2.24, 2.45) is 0 Å². The van der Waals surface area contributed by atoms with E-state index in [4.69, 9.17) is 5.11 Å². The number of carboxylic acids is 1. The molecule has 0 aromatic rings. The monoisotopic (exact) mass is 231 g/mol. The highest BCUT2D eigenvalue weighted by Crippen LogP contribution is 1.97. The van der Waals surface area contributed by atoms with Crippen molar-refractivity contribution in [3.63, 3.8) is 0 Å². The zero-order valence-electron chi connectivity index (χ0n) is 9.77. The molecule has 2 atom stereocenters. The first-order valence-electron chi connectivity index (χ1n) is 4.79. The quantitative estimate of drug-likeness (QED) is 0.592. The number of carbonyl (C=O) groups is 3. The Bertz CT molecular complexity index is 292. The Morgan fingerprint density at radius 3 is 2.12 bits per heavy atom. The fourth-order valence-corrected chi connectivity index (χ4v) is 0.911. The third kappa shape index (κ3) is 3.76. The number of rotatable bonds is 4. The van der Waals surface area contributed by atoms with Gasteiger partial charge >= 0.3 is 12.0 Å². The third-order valence-corrected chi connectivity index (χ3v) is 2.24. The van der Waals surface area contributed by atoms with Gasteiger partial charge in [0.05, 0.1) is 0 Å². The van der Waals surface area contributed by atoms with Crippen molar-refractivity contribution in [2.75, 3.05) is 14.1 Å². The fourth-order valence-electron chi connectivity index (χ4n) is 0.911. The predicted octanol–water partition coefficient (Wildman–Crippen LogP) is -0.765. The highest BCUT2D eigenvalue weighted by molar-refractivity contribution is 5.88. The molecular formula is C9H17N3O4. The van der Waals surface area contributed by atoms with Gasteiger partial charge in [-0.3, -0.25) is 4.79 Å². The molecule has 0 bridgehead atoms. The van der Waals surface area contributed by atoms with Crippen LogP contribution in [0.4, 0.5) is 4.79 Å². The van der Waals surface area contributed by atoms with Gasteiger partial charge in [0.2, 0.25) is 5.91 Å². The lowest BCUT2D eigenvalue weighted by Crippen LogP contribution is -2.51. The zero-order chi connectivity index (χ0) is 12.9. The van der Waals surface area contributed by atoms with Crippen LogP contribution in [0.15, 0.2) is 0 Å². The molecule has 0 aromatic carbocycles. The molecule has 7 heteroatoms. The molecule has 0 aliphatic carbocycles. The van der Waals surface area contributed by atoms with Crippen molar-refractivity contribution in [3.05, 3.63) is 0 Å². The molecule has 92 valence electrons. The van der Waals surface area contributed by atoms with E-state index in [1.807, 2.05) is 0 Å². The molecule has 0 saturated carbocycles. The zero-order valence-corrected chi connectivity index (χ0v) is 9.77. The van der Waals surface area contributed by atoms with Gasteiger partial charge in [-0.15, -0.1) is 0 Å². The molecule has 0 aromatic heterocycles.